The molecule has 106 valence electrons. The lowest BCUT2D eigenvalue weighted by molar-refractivity contribution is 0.249. The number of piperidine rings is 1. The van der Waals surface area contributed by atoms with Gasteiger partial charge >= 0.3 is 0 Å². The molecule has 0 amide bonds. The summed E-state index contributed by atoms with van der Waals surface area (Å²) >= 11 is 0. The summed E-state index contributed by atoms with van der Waals surface area (Å²) in [5.74, 6) is -0.209. The maximum Gasteiger partial charge on any atom is 0.123 e. The average molecular weight is 265 g/mol. The van der Waals surface area contributed by atoms with Crippen molar-refractivity contribution < 1.29 is 4.39 Å². The summed E-state index contributed by atoms with van der Waals surface area (Å²) in [5.41, 5.74) is 7.96. The second kappa shape index (κ2) is 5.88. The summed E-state index contributed by atoms with van der Waals surface area (Å²) in [7, 11) is 4.26. The van der Waals surface area contributed by atoms with E-state index < -0.39 is 0 Å². The van der Waals surface area contributed by atoms with Gasteiger partial charge in [0.1, 0.15) is 5.82 Å². The van der Waals surface area contributed by atoms with Crippen LogP contribution in [0.2, 0.25) is 0 Å². The van der Waals surface area contributed by atoms with E-state index >= 15 is 0 Å². The molecule has 1 aliphatic heterocycles. The van der Waals surface area contributed by atoms with Crippen molar-refractivity contribution in [1.29, 1.82) is 0 Å². The molecule has 1 saturated heterocycles. The first-order valence-corrected chi connectivity index (χ1v) is 6.95. The predicted molar refractivity (Wildman–Crippen MR) is 77.9 cm³/mol. The summed E-state index contributed by atoms with van der Waals surface area (Å²) in [6.07, 6.45) is 2.28. The van der Waals surface area contributed by atoms with E-state index in [1.54, 1.807) is 6.07 Å². The van der Waals surface area contributed by atoms with Crippen LogP contribution in [0.15, 0.2) is 18.2 Å². The molecule has 1 heterocycles. The number of benzene rings is 1. The summed E-state index contributed by atoms with van der Waals surface area (Å²) in [4.78, 5) is 4.62. The molecule has 0 saturated carbocycles. The highest BCUT2D eigenvalue weighted by molar-refractivity contribution is 5.55. The van der Waals surface area contributed by atoms with Gasteiger partial charge in [-0.05, 0) is 57.6 Å². The zero-order valence-corrected chi connectivity index (χ0v) is 12.1. The molecular weight excluding hydrogens is 241 g/mol. The van der Waals surface area contributed by atoms with Gasteiger partial charge in [-0.15, -0.1) is 0 Å². The molecular formula is C15H24FN3. The van der Waals surface area contributed by atoms with Gasteiger partial charge in [-0.3, -0.25) is 0 Å². The molecule has 1 aromatic carbocycles. The van der Waals surface area contributed by atoms with Gasteiger partial charge in [0.2, 0.25) is 0 Å². The van der Waals surface area contributed by atoms with Crippen molar-refractivity contribution in [2.45, 2.75) is 31.8 Å². The second-order valence-corrected chi connectivity index (χ2v) is 5.67. The van der Waals surface area contributed by atoms with Crippen LogP contribution in [0.4, 0.5) is 10.1 Å². The van der Waals surface area contributed by atoms with Gasteiger partial charge < -0.3 is 15.5 Å². The topological polar surface area (TPSA) is 32.5 Å². The lowest BCUT2D eigenvalue weighted by Gasteiger charge is -2.37. The summed E-state index contributed by atoms with van der Waals surface area (Å²) in [6.45, 7) is 3.92. The van der Waals surface area contributed by atoms with Crippen LogP contribution in [-0.2, 0) is 0 Å². The molecule has 0 bridgehead atoms. The first kappa shape index (κ1) is 14.3. The molecule has 0 radical (unpaired) electrons. The Morgan fingerprint density at radius 1 is 1.32 bits per heavy atom. The number of hydrogen-bond acceptors (Lipinski definition) is 3. The van der Waals surface area contributed by atoms with E-state index in [9.17, 15) is 4.39 Å². The van der Waals surface area contributed by atoms with Crippen LogP contribution in [0.25, 0.3) is 0 Å². The molecule has 1 atom stereocenters. The molecule has 4 heteroatoms. The van der Waals surface area contributed by atoms with E-state index in [1.807, 2.05) is 13.0 Å². The van der Waals surface area contributed by atoms with Gasteiger partial charge in [-0.1, -0.05) is 0 Å². The zero-order chi connectivity index (χ0) is 14.0. The molecule has 1 aromatic rings. The lowest BCUT2D eigenvalue weighted by atomic mass is 10.00. The molecule has 1 aliphatic rings. The van der Waals surface area contributed by atoms with Crippen LogP contribution in [0, 0.1) is 5.82 Å². The Kier molecular flexibility index (Phi) is 4.42. The number of anilines is 1. The van der Waals surface area contributed by atoms with Crippen molar-refractivity contribution in [2.75, 3.05) is 32.1 Å². The molecule has 19 heavy (non-hydrogen) atoms. The van der Waals surface area contributed by atoms with Gasteiger partial charge in [0.25, 0.3) is 0 Å². The molecule has 2 rings (SSSR count). The zero-order valence-electron chi connectivity index (χ0n) is 12.1. The largest absolute Gasteiger partial charge is 0.371 e. The Labute approximate surface area is 115 Å². The number of nitrogens with two attached hydrogens (primary N) is 1. The fourth-order valence-corrected chi connectivity index (χ4v) is 2.80. The third-order valence-electron chi connectivity index (χ3n) is 4.02. The van der Waals surface area contributed by atoms with E-state index in [4.69, 9.17) is 5.73 Å². The van der Waals surface area contributed by atoms with Crippen LogP contribution in [0.5, 0.6) is 0 Å². The highest BCUT2D eigenvalue weighted by Gasteiger charge is 2.23. The van der Waals surface area contributed by atoms with Gasteiger partial charge in [-0.2, -0.15) is 0 Å². The Morgan fingerprint density at radius 2 is 1.95 bits per heavy atom. The van der Waals surface area contributed by atoms with Gasteiger partial charge in [-0.25, -0.2) is 4.39 Å². The van der Waals surface area contributed by atoms with E-state index in [1.165, 1.54) is 6.07 Å². The third-order valence-corrected chi connectivity index (χ3v) is 4.02. The van der Waals surface area contributed by atoms with Crippen LogP contribution >= 0.6 is 0 Å². The molecule has 3 nitrogen and oxygen atoms in total. The lowest BCUT2D eigenvalue weighted by Crippen LogP contribution is -2.42. The number of nitrogens with zero attached hydrogens (tertiary/aromatic N) is 2. The van der Waals surface area contributed by atoms with Crippen LogP contribution < -0.4 is 10.6 Å². The second-order valence-electron chi connectivity index (χ2n) is 5.67. The van der Waals surface area contributed by atoms with Gasteiger partial charge in [0, 0.05) is 30.9 Å². The Bertz CT molecular complexity index is 423. The van der Waals surface area contributed by atoms with Crippen molar-refractivity contribution in [3.05, 3.63) is 29.6 Å². The fourth-order valence-electron chi connectivity index (χ4n) is 2.80. The van der Waals surface area contributed by atoms with Crippen molar-refractivity contribution in [3.8, 4) is 0 Å². The van der Waals surface area contributed by atoms with Gasteiger partial charge in [0.15, 0.2) is 0 Å². The normalized spacial score (nSPS) is 18.9. The molecule has 2 N–H and O–H groups in total. The average Bonchev–Trinajstić information content (AvgIpc) is 2.38. The predicted octanol–water partition coefficient (Wildman–Crippen LogP) is 2.38. The number of hydrogen-bond donors (Lipinski definition) is 1. The van der Waals surface area contributed by atoms with E-state index in [0.717, 1.165) is 37.2 Å². The Hall–Kier alpha value is -1.13. The first-order chi connectivity index (χ1) is 8.99. The minimum Gasteiger partial charge on any atom is -0.371 e. The first-order valence-electron chi connectivity index (χ1n) is 6.95. The Morgan fingerprint density at radius 3 is 2.47 bits per heavy atom. The van der Waals surface area contributed by atoms with Crippen molar-refractivity contribution >= 4 is 5.69 Å². The molecule has 0 aromatic heterocycles. The summed E-state index contributed by atoms with van der Waals surface area (Å²) in [6, 6.07) is 5.47. The van der Waals surface area contributed by atoms with E-state index in [2.05, 4.69) is 23.9 Å². The molecule has 1 fully saturated rings. The van der Waals surface area contributed by atoms with E-state index in [0.29, 0.717) is 6.04 Å². The van der Waals surface area contributed by atoms with Crippen LogP contribution in [-0.4, -0.2) is 38.1 Å². The highest BCUT2D eigenvalue weighted by atomic mass is 19.1. The maximum absolute atomic E-state index is 13.4. The SMILES string of the molecule is C[C@H](N)c1cc(F)ccc1N1CCC(N(C)C)CC1. The Balaban J connectivity index is 2.15. The summed E-state index contributed by atoms with van der Waals surface area (Å²) < 4.78 is 13.4. The minimum atomic E-state index is -0.209. The standard InChI is InChI=1S/C15H24FN3/c1-11(17)14-10-12(16)4-5-15(14)19-8-6-13(7-9-19)18(2)3/h4-5,10-11,13H,6-9,17H2,1-3H3/t11-/m0/s1. The quantitative estimate of drug-likeness (QED) is 0.910. The van der Waals surface area contributed by atoms with Gasteiger partial charge in [0.05, 0.1) is 0 Å². The van der Waals surface area contributed by atoms with Crippen molar-refractivity contribution in [1.82, 2.24) is 4.90 Å². The monoisotopic (exact) mass is 265 g/mol. The molecule has 0 unspecified atom stereocenters. The van der Waals surface area contributed by atoms with Crippen LogP contribution in [0.3, 0.4) is 0 Å². The fraction of sp³-hybridized carbons (Fsp3) is 0.600. The molecule has 0 aliphatic carbocycles. The smallest absolute Gasteiger partial charge is 0.123 e. The number of rotatable bonds is 3. The van der Waals surface area contributed by atoms with E-state index in [-0.39, 0.29) is 11.9 Å². The number of halogens is 1. The van der Waals surface area contributed by atoms with Crippen molar-refractivity contribution in [3.63, 3.8) is 0 Å². The molecule has 0 spiro atoms. The third kappa shape index (κ3) is 3.25. The minimum absolute atomic E-state index is 0.141. The van der Waals surface area contributed by atoms with Crippen molar-refractivity contribution in [2.24, 2.45) is 5.73 Å². The van der Waals surface area contributed by atoms with Crippen LogP contribution in [0.1, 0.15) is 31.4 Å². The highest BCUT2D eigenvalue weighted by Crippen LogP contribution is 2.29. The summed E-state index contributed by atoms with van der Waals surface area (Å²) in [5, 5.41) is 0. The maximum atomic E-state index is 13.4.